The molecule has 3 amide bonds. The molecule has 0 aliphatic rings. The minimum absolute atomic E-state index is 0.0882. The number of nitrogens with one attached hydrogen (secondary N) is 3. The second-order valence-electron chi connectivity index (χ2n) is 7.65. The summed E-state index contributed by atoms with van der Waals surface area (Å²) in [5.41, 5.74) is 12.2. The van der Waals surface area contributed by atoms with Crippen molar-refractivity contribution in [1.82, 2.24) is 16.0 Å². The van der Waals surface area contributed by atoms with Crippen molar-refractivity contribution in [2.75, 3.05) is 18.1 Å². The van der Waals surface area contributed by atoms with Crippen LogP contribution in [0.15, 0.2) is 24.3 Å². The summed E-state index contributed by atoms with van der Waals surface area (Å²) >= 11 is 7.96. The molecule has 11 nitrogen and oxygen atoms in total. The maximum absolute atomic E-state index is 12.9. The fraction of sp³-hybridized carbons (Fsp3) is 0.524. The van der Waals surface area contributed by atoms with Crippen LogP contribution in [0, 0.1) is 0 Å². The average Bonchev–Trinajstić information content (AvgIpc) is 2.81. The predicted molar refractivity (Wildman–Crippen MR) is 134 cm³/mol. The van der Waals surface area contributed by atoms with Gasteiger partial charge in [0.25, 0.3) is 0 Å². The second kappa shape index (κ2) is 15.4. The highest BCUT2D eigenvalue weighted by molar-refractivity contribution is 7.80. The Bertz CT molecular complexity index is 826. The molecule has 0 saturated heterocycles. The van der Waals surface area contributed by atoms with E-state index in [2.05, 4.69) is 41.2 Å². The van der Waals surface area contributed by atoms with Gasteiger partial charge in [0, 0.05) is 11.5 Å². The van der Waals surface area contributed by atoms with Crippen LogP contribution in [-0.4, -0.2) is 76.1 Å². The third-order valence-corrected chi connectivity index (χ3v) is 5.65. The molecule has 34 heavy (non-hydrogen) atoms. The molecule has 0 aliphatic carbocycles. The molecule has 0 saturated carbocycles. The Kier molecular flexibility index (Phi) is 13.4. The highest BCUT2D eigenvalue weighted by atomic mass is 32.1. The summed E-state index contributed by atoms with van der Waals surface area (Å²) in [5, 5.41) is 25.9. The van der Waals surface area contributed by atoms with E-state index in [1.807, 2.05) is 0 Å². The van der Waals surface area contributed by atoms with Gasteiger partial charge in [-0.2, -0.15) is 25.3 Å². The van der Waals surface area contributed by atoms with Crippen molar-refractivity contribution in [1.29, 1.82) is 0 Å². The Labute approximate surface area is 209 Å². The van der Waals surface area contributed by atoms with Crippen LogP contribution >= 0.6 is 25.3 Å². The fourth-order valence-electron chi connectivity index (χ4n) is 2.94. The van der Waals surface area contributed by atoms with Gasteiger partial charge in [0.05, 0.1) is 6.04 Å². The molecule has 1 aromatic rings. The number of hydrogen-bond donors (Lipinski definition) is 9. The number of rotatable bonds is 15. The number of aliphatic carboxylic acids is 1. The number of carbonyl (C=O) groups is 4. The summed E-state index contributed by atoms with van der Waals surface area (Å²) in [7, 11) is 0. The number of hydrogen-bond acceptors (Lipinski definition) is 9. The van der Waals surface area contributed by atoms with Gasteiger partial charge in [-0.1, -0.05) is 12.1 Å². The van der Waals surface area contributed by atoms with Crippen molar-refractivity contribution in [2.24, 2.45) is 11.5 Å². The largest absolute Gasteiger partial charge is 0.508 e. The zero-order valence-corrected chi connectivity index (χ0v) is 20.4. The minimum Gasteiger partial charge on any atom is -0.508 e. The number of aromatic hydroxyl groups is 1. The smallest absolute Gasteiger partial charge is 0.327 e. The van der Waals surface area contributed by atoms with Gasteiger partial charge >= 0.3 is 5.97 Å². The lowest BCUT2D eigenvalue weighted by molar-refractivity contribution is -0.141. The second-order valence-corrected chi connectivity index (χ2v) is 8.38. The summed E-state index contributed by atoms with van der Waals surface area (Å²) in [5.74, 6) is -3.33. The standard InChI is InChI=1S/C21H33N5O6S2/c22-8-2-1-3-15(24-18(28)14(23)9-12-4-6-13(27)7-5-12)19(29)25-16(10-33)20(30)26-17(11-34)21(31)32/h4-7,14-17,27,33-34H,1-3,8-11,22-23H2,(H,24,28)(H,25,29)(H,26,30)(H,31,32). The lowest BCUT2D eigenvalue weighted by atomic mass is 10.0. The number of carboxylic acids is 1. The SMILES string of the molecule is NCCCCC(NC(=O)C(N)Cc1ccc(O)cc1)C(=O)NC(CS)C(=O)NC(CS)C(=O)O. The summed E-state index contributed by atoms with van der Waals surface area (Å²) in [6, 6.07) is 1.94. The van der Waals surface area contributed by atoms with E-state index in [0.29, 0.717) is 19.4 Å². The molecule has 1 rings (SSSR count). The maximum atomic E-state index is 12.9. The molecule has 0 radical (unpaired) electrons. The van der Waals surface area contributed by atoms with Gasteiger partial charge in [-0.05, 0) is 49.9 Å². The third kappa shape index (κ3) is 10.2. The molecule has 0 heterocycles. The van der Waals surface area contributed by atoms with Gasteiger partial charge in [0.1, 0.15) is 23.9 Å². The van der Waals surface area contributed by atoms with Crippen molar-refractivity contribution in [3.8, 4) is 5.75 Å². The lowest BCUT2D eigenvalue weighted by Gasteiger charge is -2.24. The number of benzene rings is 1. The van der Waals surface area contributed by atoms with Crippen LogP contribution < -0.4 is 27.4 Å². The van der Waals surface area contributed by atoms with Gasteiger partial charge in [-0.25, -0.2) is 4.79 Å². The zero-order valence-electron chi connectivity index (χ0n) is 18.6. The van der Waals surface area contributed by atoms with Gasteiger partial charge in [0.15, 0.2) is 0 Å². The fourth-order valence-corrected chi connectivity index (χ4v) is 3.45. The van der Waals surface area contributed by atoms with E-state index in [4.69, 9.17) is 16.6 Å². The molecule has 4 unspecified atom stereocenters. The van der Waals surface area contributed by atoms with Crippen LogP contribution in [0.2, 0.25) is 0 Å². The summed E-state index contributed by atoms with van der Waals surface area (Å²) in [4.78, 5) is 49.1. The van der Waals surface area contributed by atoms with Crippen LogP contribution in [-0.2, 0) is 25.6 Å². The van der Waals surface area contributed by atoms with E-state index in [0.717, 1.165) is 5.56 Å². The molecule has 0 aliphatic heterocycles. The van der Waals surface area contributed by atoms with Gasteiger partial charge in [0.2, 0.25) is 17.7 Å². The number of thiol groups is 2. The molecular formula is C21H33N5O6S2. The minimum atomic E-state index is -1.26. The first-order valence-electron chi connectivity index (χ1n) is 10.7. The Morgan fingerprint density at radius 2 is 1.38 bits per heavy atom. The molecular weight excluding hydrogens is 482 g/mol. The first-order chi connectivity index (χ1) is 16.1. The third-order valence-electron chi connectivity index (χ3n) is 4.92. The molecule has 0 spiro atoms. The number of phenolic OH excluding ortho intramolecular Hbond substituents is 1. The Hall–Kier alpha value is -2.48. The number of nitrogens with two attached hydrogens (primary N) is 2. The molecule has 13 heteroatoms. The Balaban J connectivity index is 2.83. The molecule has 190 valence electrons. The van der Waals surface area contributed by atoms with E-state index in [1.54, 1.807) is 12.1 Å². The van der Waals surface area contributed by atoms with Gasteiger partial charge in [-0.15, -0.1) is 0 Å². The van der Waals surface area contributed by atoms with E-state index in [-0.39, 0.29) is 30.1 Å². The van der Waals surface area contributed by atoms with E-state index in [1.165, 1.54) is 12.1 Å². The number of carbonyl (C=O) groups excluding carboxylic acids is 3. The van der Waals surface area contributed by atoms with Crippen LogP contribution in [0.4, 0.5) is 0 Å². The normalized spacial score (nSPS) is 14.4. The molecule has 0 aromatic heterocycles. The van der Waals surface area contributed by atoms with E-state index >= 15 is 0 Å². The molecule has 0 bridgehead atoms. The summed E-state index contributed by atoms with van der Waals surface area (Å²) in [6.45, 7) is 0.407. The van der Waals surface area contributed by atoms with Crippen molar-refractivity contribution in [3.05, 3.63) is 29.8 Å². The molecule has 4 atom stereocenters. The van der Waals surface area contributed by atoms with Crippen molar-refractivity contribution >= 4 is 48.9 Å². The topological polar surface area (TPSA) is 197 Å². The molecule has 1 aromatic carbocycles. The number of carboxylic acid groups (broad SMARTS) is 1. The van der Waals surface area contributed by atoms with Crippen LogP contribution in [0.25, 0.3) is 0 Å². The summed E-state index contributed by atoms with van der Waals surface area (Å²) < 4.78 is 0. The number of phenols is 1. The molecule has 0 fully saturated rings. The van der Waals surface area contributed by atoms with Crippen LogP contribution in [0.5, 0.6) is 5.75 Å². The quantitative estimate of drug-likeness (QED) is 0.102. The van der Waals surface area contributed by atoms with Crippen LogP contribution in [0.3, 0.4) is 0 Å². The first kappa shape index (κ1) is 29.6. The first-order valence-corrected chi connectivity index (χ1v) is 12.0. The summed E-state index contributed by atoms with van der Waals surface area (Å²) in [6.07, 6.45) is 1.61. The van der Waals surface area contributed by atoms with E-state index < -0.39 is 47.9 Å². The molecule has 9 N–H and O–H groups in total. The average molecular weight is 516 g/mol. The van der Waals surface area contributed by atoms with Gasteiger partial charge < -0.3 is 37.6 Å². The zero-order chi connectivity index (χ0) is 25.7. The number of amides is 3. The maximum Gasteiger partial charge on any atom is 0.327 e. The number of unbranched alkanes of at least 4 members (excludes halogenated alkanes) is 1. The Morgan fingerprint density at radius 3 is 1.91 bits per heavy atom. The van der Waals surface area contributed by atoms with E-state index in [9.17, 15) is 24.3 Å². The van der Waals surface area contributed by atoms with Crippen molar-refractivity contribution in [3.63, 3.8) is 0 Å². The monoisotopic (exact) mass is 515 g/mol. The highest BCUT2D eigenvalue weighted by Crippen LogP contribution is 2.11. The highest BCUT2D eigenvalue weighted by Gasteiger charge is 2.29. The van der Waals surface area contributed by atoms with Crippen molar-refractivity contribution < 1.29 is 29.4 Å². The van der Waals surface area contributed by atoms with Gasteiger partial charge in [-0.3, -0.25) is 14.4 Å². The lowest BCUT2D eigenvalue weighted by Crippen LogP contribution is -2.58. The predicted octanol–water partition coefficient (Wildman–Crippen LogP) is -1.21. The van der Waals surface area contributed by atoms with Crippen molar-refractivity contribution in [2.45, 2.75) is 49.9 Å². The van der Waals surface area contributed by atoms with Crippen LogP contribution in [0.1, 0.15) is 24.8 Å². The Morgan fingerprint density at radius 1 is 0.853 bits per heavy atom.